The highest BCUT2D eigenvalue weighted by Crippen LogP contribution is 2.27. The number of sulfonamides is 1. The fourth-order valence-electron chi connectivity index (χ4n) is 4.20. The van der Waals surface area contributed by atoms with Gasteiger partial charge in [-0.15, -0.1) is 11.3 Å². The smallest absolute Gasteiger partial charge is 0.311 e. The number of piperidine rings is 1. The van der Waals surface area contributed by atoms with Crippen LogP contribution in [0.5, 0.6) is 0 Å². The molecule has 1 aliphatic rings. The molecule has 10 nitrogen and oxygen atoms in total. The van der Waals surface area contributed by atoms with Crippen LogP contribution < -0.4 is 10.9 Å². The van der Waals surface area contributed by atoms with E-state index in [0.29, 0.717) is 29.3 Å². The number of carbonyl (C=O) groups excluding carboxylic acids is 2. The maximum absolute atomic E-state index is 13.0. The molecule has 0 radical (unpaired) electrons. The van der Waals surface area contributed by atoms with Gasteiger partial charge in [0.25, 0.3) is 21.5 Å². The Kier molecular flexibility index (Phi) is 8.00. The van der Waals surface area contributed by atoms with Gasteiger partial charge in [-0.3, -0.25) is 19.1 Å². The zero-order chi connectivity index (χ0) is 26.7. The van der Waals surface area contributed by atoms with Crippen LogP contribution >= 0.6 is 11.3 Å². The molecule has 1 aliphatic heterocycles. The van der Waals surface area contributed by atoms with Gasteiger partial charge in [-0.05, 0) is 51.0 Å². The Labute approximate surface area is 219 Å². The number of para-hydroxylation sites is 1. The monoisotopic (exact) mass is 546 g/mol. The molecule has 1 unspecified atom stereocenters. The molecule has 1 N–H and O–H groups in total. The van der Waals surface area contributed by atoms with Gasteiger partial charge < -0.3 is 10.1 Å². The molecular formula is C25H30N4O6S2. The summed E-state index contributed by atoms with van der Waals surface area (Å²) in [7, 11) is -1.86. The van der Waals surface area contributed by atoms with Gasteiger partial charge in [0.2, 0.25) is 0 Å². The SMILES string of the molecule is Cc1c(NC(=O)C(C)OC(=O)Cc2ccc(S(=O)(=O)N3CCCCC3)s2)c(=O)n(-c2ccccc2)n1C. The summed E-state index contributed by atoms with van der Waals surface area (Å²) in [5.74, 6) is -1.31. The van der Waals surface area contributed by atoms with Crippen LogP contribution in [-0.4, -0.2) is 53.2 Å². The number of thiophene rings is 1. The number of aromatic nitrogens is 2. The van der Waals surface area contributed by atoms with Crippen molar-refractivity contribution in [1.82, 2.24) is 13.7 Å². The molecule has 1 saturated heterocycles. The number of hydrogen-bond acceptors (Lipinski definition) is 7. The predicted octanol–water partition coefficient (Wildman–Crippen LogP) is 2.83. The van der Waals surface area contributed by atoms with E-state index in [0.717, 1.165) is 30.6 Å². The van der Waals surface area contributed by atoms with Crippen molar-refractivity contribution in [2.45, 2.75) is 49.8 Å². The third-order valence-electron chi connectivity index (χ3n) is 6.34. The lowest BCUT2D eigenvalue weighted by Crippen LogP contribution is -2.35. The highest BCUT2D eigenvalue weighted by Gasteiger charge is 2.28. The second-order valence-corrected chi connectivity index (χ2v) is 12.3. The fourth-order valence-corrected chi connectivity index (χ4v) is 7.21. The summed E-state index contributed by atoms with van der Waals surface area (Å²) >= 11 is 1.03. The number of nitrogens with one attached hydrogen (secondary N) is 1. The number of ether oxygens (including phenoxy) is 1. The molecule has 0 saturated carbocycles. The first-order valence-corrected chi connectivity index (χ1v) is 14.3. The van der Waals surface area contributed by atoms with E-state index in [1.807, 2.05) is 18.2 Å². The molecule has 2 aromatic heterocycles. The Morgan fingerprint density at radius 2 is 1.76 bits per heavy atom. The Balaban J connectivity index is 1.39. The second-order valence-electron chi connectivity index (χ2n) is 8.92. The quantitative estimate of drug-likeness (QED) is 0.434. The van der Waals surface area contributed by atoms with Gasteiger partial charge in [0.1, 0.15) is 9.90 Å². The standard InChI is InChI=1S/C25H30N4O6S2/c1-17-23(25(32)29(27(17)3)19-10-6-4-7-11-19)26-24(31)18(2)35-21(30)16-20-12-13-22(36-20)37(33,34)28-14-8-5-9-15-28/h4,6-7,10-13,18H,5,8-9,14-16H2,1-3H3,(H,26,31). The maximum Gasteiger partial charge on any atom is 0.311 e. The van der Waals surface area contributed by atoms with Gasteiger partial charge in [0.15, 0.2) is 6.10 Å². The van der Waals surface area contributed by atoms with Crippen LogP contribution in [0.4, 0.5) is 5.69 Å². The van der Waals surface area contributed by atoms with Crippen molar-refractivity contribution >= 4 is 38.9 Å². The van der Waals surface area contributed by atoms with Gasteiger partial charge in [-0.1, -0.05) is 24.6 Å². The van der Waals surface area contributed by atoms with Crippen LogP contribution in [0.15, 0.2) is 51.5 Å². The first-order chi connectivity index (χ1) is 17.6. The molecule has 1 atom stereocenters. The highest BCUT2D eigenvalue weighted by molar-refractivity contribution is 7.91. The Hall–Kier alpha value is -3.22. The van der Waals surface area contributed by atoms with Crippen LogP contribution in [0.2, 0.25) is 0 Å². The average Bonchev–Trinajstić information content (AvgIpc) is 3.44. The van der Waals surface area contributed by atoms with E-state index in [1.165, 1.54) is 22.0 Å². The molecule has 1 fully saturated rings. The summed E-state index contributed by atoms with van der Waals surface area (Å²) in [5, 5.41) is 2.59. The van der Waals surface area contributed by atoms with Gasteiger partial charge in [-0.2, -0.15) is 4.31 Å². The van der Waals surface area contributed by atoms with Crippen LogP contribution in [0.1, 0.15) is 36.8 Å². The Morgan fingerprint density at radius 3 is 2.43 bits per heavy atom. The van der Waals surface area contributed by atoms with E-state index in [9.17, 15) is 22.8 Å². The summed E-state index contributed by atoms with van der Waals surface area (Å²) in [6.45, 7) is 4.13. The van der Waals surface area contributed by atoms with Crippen molar-refractivity contribution in [1.29, 1.82) is 0 Å². The van der Waals surface area contributed by atoms with Crippen molar-refractivity contribution in [2.24, 2.45) is 7.05 Å². The number of anilines is 1. The molecule has 1 amide bonds. The zero-order valence-electron chi connectivity index (χ0n) is 21.0. The van der Waals surface area contributed by atoms with Crippen LogP contribution in [-0.2, 0) is 37.8 Å². The summed E-state index contributed by atoms with van der Waals surface area (Å²) in [5.41, 5.74) is 0.890. The minimum atomic E-state index is -3.58. The number of carbonyl (C=O) groups is 2. The molecule has 0 bridgehead atoms. The Bertz CT molecular complexity index is 1450. The van der Waals surface area contributed by atoms with Crippen LogP contribution in [0, 0.1) is 6.92 Å². The molecule has 0 aliphatic carbocycles. The predicted molar refractivity (Wildman–Crippen MR) is 141 cm³/mol. The highest BCUT2D eigenvalue weighted by atomic mass is 32.2. The van der Waals surface area contributed by atoms with Gasteiger partial charge >= 0.3 is 5.97 Å². The summed E-state index contributed by atoms with van der Waals surface area (Å²) in [4.78, 5) is 38.8. The summed E-state index contributed by atoms with van der Waals surface area (Å²) in [6, 6.07) is 12.1. The average molecular weight is 547 g/mol. The maximum atomic E-state index is 13.0. The Morgan fingerprint density at radius 1 is 1.08 bits per heavy atom. The molecule has 3 aromatic rings. The number of rotatable bonds is 8. The molecule has 1 aromatic carbocycles. The number of benzene rings is 1. The van der Waals surface area contributed by atoms with Gasteiger partial charge in [-0.25, -0.2) is 13.1 Å². The first kappa shape index (κ1) is 26.8. The van der Waals surface area contributed by atoms with E-state index in [4.69, 9.17) is 4.74 Å². The number of esters is 1. The summed E-state index contributed by atoms with van der Waals surface area (Å²) in [6.07, 6.45) is 1.38. The third-order valence-corrected chi connectivity index (χ3v) is 9.80. The topological polar surface area (TPSA) is 120 Å². The molecule has 198 valence electrons. The lowest BCUT2D eigenvalue weighted by molar-refractivity contribution is -0.152. The third kappa shape index (κ3) is 5.71. The van der Waals surface area contributed by atoms with Gasteiger partial charge in [0.05, 0.1) is 17.8 Å². The molecule has 0 spiro atoms. The van der Waals surface area contributed by atoms with Crippen LogP contribution in [0.25, 0.3) is 5.69 Å². The van der Waals surface area contributed by atoms with E-state index in [1.54, 1.807) is 36.9 Å². The lowest BCUT2D eigenvalue weighted by atomic mass is 10.2. The normalized spacial score (nSPS) is 15.3. The van der Waals surface area contributed by atoms with Crippen molar-refractivity contribution in [3.63, 3.8) is 0 Å². The van der Waals surface area contributed by atoms with E-state index >= 15 is 0 Å². The molecule has 37 heavy (non-hydrogen) atoms. The van der Waals surface area contributed by atoms with Crippen molar-refractivity contribution in [3.8, 4) is 5.69 Å². The fraction of sp³-hybridized carbons (Fsp3) is 0.400. The number of nitrogens with zero attached hydrogens (tertiary/aromatic N) is 3. The van der Waals surface area contributed by atoms with Crippen molar-refractivity contribution in [3.05, 3.63) is 63.4 Å². The molecular weight excluding hydrogens is 516 g/mol. The zero-order valence-corrected chi connectivity index (χ0v) is 22.6. The minimum Gasteiger partial charge on any atom is -0.452 e. The second kappa shape index (κ2) is 11.0. The molecule has 3 heterocycles. The molecule has 4 rings (SSSR count). The van der Waals surface area contributed by atoms with Crippen LogP contribution in [0.3, 0.4) is 0 Å². The van der Waals surface area contributed by atoms with E-state index in [-0.39, 0.29) is 16.3 Å². The number of hydrogen-bond donors (Lipinski definition) is 1. The van der Waals surface area contributed by atoms with Gasteiger partial charge in [0, 0.05) is 25.0 Å². The largest absolute Gasteiger partial charge is 0.452 e. The van der Waals surface area contributed by atoms with Crippen molar-refractivity contribution in [2.75, 3.05) is 18.4 Å². The minimum absolute atomic E-state index is 0.102. The summed E-state index contributed by atoms with van der Waals surface area (Å²) < 4.78 is 35.7. The first-order valence-electron chi connectivity index (χ1n) is 12.0. The van der Waals surface area contributed by atoms with E-state index in [2.05, 4.69) is 5.32 Å². The van der Waals surface area contributed by atoms with E-state index < -0.39 is 33.6 Å². The number of amides is 1. The molecule has 12 heteroatoms. The lowest BCUT2D eigenvalue weighted by Gasteiger charge is -2.25. The van der Waals surface area contributed by atoms with Crippen molar-refractivity contribution < 1.29 is 22.7 Å².